The summed E-state index contributed by atoms with van der Waals surface area (Å²) in [5.74, 6) is -9.62. The highest BCUT2D eigenvalue weighted by atomic mass is 16.7. The second-order valence-electron chi connectivity index (χ2n) is 12.5. The summed E-state index contributed by atoms with van der Waals surface area (Å²) in [7, 11) is 1.42. The van der Waals surface area contributed by atoms with Gasteiger partial charge in [0.2, 0.25) is 11.7 Å². The number of nitrogens with zero attached hydrogens (tertiary/aromatic N) is 2. The number of carboxylic acid groups (broad SMARTS) is 1. The summed E-state index contributed by atoms with van der Waals surface area (Å²) < 4.78 is 140. The zero-order valence-electron chi connectivity index (χ0n) is 42.3. The minimum absolute atomic E-state index is 0.292. The van der Waals surface area contributed by atoms with E-state index in [1.165, 1.54) is 18.9 Å². The molecule has 0 bridgehead atoms. The van der Waals surface area contributed by atoms with Gasteiger partial charge in [-0.3, -0.25) is 14.5 Å². The molecule has 254 valence electrons. The summed E-state index contributed by atoms with van der Waals surface area (Å²) >= 11 is 0. The zero-order chi connectivity index (χ0) is 46.6. The fourth-order valence-corrected chi connectivity index (χ4v) is 6.69. The van der Waals surface area contributed by atoms with Crippen LogP contribution in [0.4, 0.5) is 0 Å². The smallest absolute Gasteiger partial charge is 0.312 e. The summed E-state index contributed by atoms with van der Waals surface area (Å²) in [5, 5.41) is 11.3. The molecular formula is C38H56N2O6. The normalized spacial score (nSPS) is 32.6. The number of methoxy groups -OCH3 is 1. The molecule has 0 aromatic heterocycles. The van der Waals surface area contributed by atoms with Crippen LogP contribution in [0.1, 0.15) is 123 Å². The van der Waals surface area contributed by atoms with Crippen molar-refractivity contribution in [1.82, 2.24) is 9.80 Å². The van der Waals surface area contributed by atoms with Gasteiger partial charge in [0.25, 0.3) is 0 Å². The number of fused-ring (bicyclic) bond motifs is 1. The van der Waals surface area contributed by atoms with E-state index in [4.69, 9.17) is 27.9 Å². The van der Waals surface area contributed by atoms with Crippen molar-refractivity contribution in [1.29, 1.82) is 0 Å². The number of likely N-dealkylation sites (tertiary alicyclic amines) is 1. The molecule has 2 heterocycles. The number of ether oxygens (including phenoxy) is 3. The van der Waals surface area contributed by atoms with Crippen molar-refractivity contribution in [3.05, 3.63) is 53.1 Å². The molecule has 1 N–H and O–H groups in total. The molecular weight excluding hydrogens is 580 g/mol. The van der Waals surface area contributed by atoms with Crippen LogP contribution >= 0.6 is 0 Å². The molecule has 8 nitrogen and oxygen atoms in total. The number of amides is 1. The van der Waals surface area contributed by atoms with Crippen LogP contribution in [0.5, 0.6) is 17.2 Å². The number of carbonyl (C=O) groups excluding carboxylic acids is 1. The Labute approximate surface area is 296 Å². The first-order chi connectivity index (χ1) is 26.7. The Morgan fingerprint density at radius 2 is 1.63 bits per heavy atom. The molecule has 8 heteroatoms. The van der Waals surface area contributed by atoms with E-state index in [0.29, 0.717) is 47.8 Å². The SMILES string of the molecule is [2H]C([2H])(C)C([2H])([2H])C([2H])(C)C([2H])([2H])N(C(=O)CN1C[C@](C)(c2ccc3c(c2C)OC(C)(C)O3)[C@@](C)(C(=O)O)[C@@H]1c1ccc(OC)cc1)C([2H])([2H])C([2H])(C)C([2H])([2H])C([2H])([2H])C. The lowest BCUT2D eigenvalue weighted by molar-refractivity contribution is -0.153. The van der Waals surface area contributed by atoms with Crippen LogP contribution in [-0.2, 0) is 15.0 Å². The highest BCUT2D eigenvalue weighted by Crippen LogP contribution is 2.60. The predicted octanol–water partition coefficient (Wildman–Crippen LogP) is 7.62. The van der Waals surface area contributed by atoms with Gasteiger partial charge in [-0.25, -0.2) is 0 Å². The fourth-order valence-electron chi connectivity index (χ4n) is 6.69. The van der Waals surface area contributed by atoms with Gasteiger partial charge in [0.05, 0.1) is 25.1 Å². The second-order valence-corrected chi connectivity index (χ2v) is 12.5. The van der Waals surface area contributed by atoms with E-state index in [9.17, 15) is 15.4 Å². The van der Waals surface area contributed by atoms with Gasteiger partial charge in [0.1, 0.15) is 5.75 Å². The molecule has 0 aliphatic carbocycles. The molecule has 2 aliphatic rings. The molecule has 2 aromatic carbocycles. The van der Waals surface area contributed by atoms with Crippen molar-refractivity contribution < 1.29 is 48.1 Å². The van der Waals surface area contributed by atoms with Crippen LogP contribution in [-0.4, -0.2) is 65.8 Å². The van der Waals surface area contributed by atoms with E-state index >= 15 is 4.79 Å². The Hall–Kier alpha value is -3.26. The zero-order valence-corrected chi connectivity index (χ0v) is 28.3. The van der Waals surface area contributed by atoms with E-state index in [0.717, 1.165) is 13.8 Å². The molecule has 0 radical (unpaired) electrons. The summed E-state index contributed by atoms with van der Waals surface area (Å²) in [6, 6.07) is 8.27. The third-order valence-corrected chi connectivity index (χ3v) is 8.89. The Balaban J connectivity index is 2.05. The Morgan fingerprint density at radius 1 is 1.04 bits per heavy atom. The highest BCUT2D eigenvalue weighted by Gasteiger charge is 2.64. The lowest BCUT2D eigenvalue weighted by atomic mass is 9.59. The molecule has 5 atom stereocenters. The maximum atomic E-state index is 15.1. The minimum Gasteiger partial charge on any atom is -0.497 e. The number of rotatable bonds is 14. The van der Waals surface area contributed by atoms with Gasteiger partial charge in [-0.15, -0.1) is 0 Å². The highest BCUT2D eigenvalue weighted by molar-refractivity contribution is 5.82. The molecule has 2 aromatic rings. The average molecular weight is 651 g/mol. The van der Waals surface area contributed by atoms with Crippen molar-refractivity contribution in [3.63, 3.8) is 0 Å². The van der Waals surface area contributed by atoms with Crippen molar-refractivity contribution in [2.24, 2.45) is 17.2 Å². The number of hydrogen-bond donors (Lipinski definition) is 1. The molecule has 46 heavy (non-hydrogen) atoms. The number of carbonyl (C=O) groups is 2. The summed E-state index contributed by atoms with van der Waals surface area (Å²) in [6.45, 7) is 1.71. The number of carboxylic acids is 1. The number of hydrogen-bond acceptors (Lipinski definition) is 6. The van der Waals surface area contributed by atoms with Crippen molar-refractivity contribution in [3.8, 4) is 17.2 Å². The minimum atomic E-state index is -3.92. The van der Waals surface area contributed by atoms with Crippen LogP contribution in [0, 0.1) is 24.1 Å². The van der Waals surface area contributed by atoms with E-state index in [1.54, 1.807) is 64.1 Å². The van der Waals surface area contributed by atoms with Crippen molar-refractivity contribution in [2.75, 3.05) is 33.2 Å². The van der Waals surface area contributed by atoms with E-state index in [2.05, 4.69) is 0 Å². The molecule has 0 saturated carbocycles. The molecule has 0 spiro atoms. The van der Waals surface area contributed by atoms with E-state index in [-0.39, 0.29) is 11.4 Å². The van der Waals surface area contributed by atoms with Crippen LogP contribution in [0.3, 0.4) is 0 Å². The van der Waals surface area contributed by atoms with Crippen LogP contribution in [0.25, 0.3) is 0 Å². The van der Waals surface area contributed by atoms with Crippen LogP contribution in [0.15, 0.2) is 36.4 Å². The fraction of sp³-hybridized carbons (Fsp3) is 0.632. The molecule has 1 amide bonds. The van der Waals surface area contributed by atoms with Crippen LogP contribution in [0.2, 0.25) is 0 Å². The summed E-state index contributed by atoms with van der Waals surface area (Å²) in [6.07, 6.45) is -13.0. The summed E-state index contributed by atoms with van der Waals surface area (Å²) in [5.41, 5.74) is -2.01. The van der Waals surface area contributed by atoms with Gasteiger partial charge in [0.15, 0.2) is 11.5 Å². The topological polar surface area (TPSA) is 88.5 Å². The Morgan fingerprint density at radius 3 is 2.15 bits per heavy atom. The van der Waals surface area contributed by atoms with Gasteiger partial charge < -0.3 is 24.2 Å². The maximum absolute atomic E-state index is 15.1. The Bertz CT molecular complexity index is 1950. The first-order valence-corrected chi connectivity index (χ1v) is 15.1. The largest absolute Gasteiger partial charge is 0.497 e. The van der Waals surface area contributed by atoms with E-state index < -0.39 is 91.4 Å². The van der Waals surface area contributed by atoms with Gasteiger partial charge in [-0.2, -0.15) is 0 Å². The van der Waals surface area contributed by atoms with Gasteiger partial charge >= 0.3 is 5.97 Å². The molecule has 1 saturated heterocycles. The third-order valence-electron chi connectivity index (χ3n) is 8.89. The second kappa shape index (κ2) is 13.8. The number of aliphatic carboxylic acids is 1. The maximum Gasteiger partial charge on any atom is 0.312 e. The van der Waals surface area contributed by atoms with Crippen molar-refractivity contribution in [2.45, 2.75) is 105 Å². The van der Waals surface area contributed by atoms with E-state index in [1.807, 2.05) is 0 Å². The molecule has 2 aliphatic heterocycles. The standard InChI is InChI=1S/C38H56N2O6/c1-11-13-25(3)21-39(22-26(4)14-12-2)32(41)23-40-24-37(8,30-19-20-31-33(27(30)5)46-36(6,7)45-31)38(9,35(42)43)34(40)28-15-17-29(44-10)18-16-28/h15-20,25-26,34H,11-14,21-24H2,1-10H3,(H,42,43)/t25?,26?,34-,37+,38+/m0/s1/i11D2,12D2,13D2,14D2,21D2,22D2,25D,26D. The number of benzene rings is 2. The van der Waals surface area contributed by atoms with Gasteiger partial charge in [-0.1, -0.05) is 65.6 Å². The predicted molar refractivity (Wildman–Crippen MR) is 182 cm³/mol. The lowest BCUT2D eigenvalue weighted by Crippen LogP contribution is -2.48. The first kappa shape index (κ1) is 20.9. The monoisotopic (exact) mass is 651 g/mol. The molecule has 4 rings (SSSR count). The summed E-state index contributed by atoms with van der Waals surface area (Å²) in [4.78, 5) is 30.1. The third kappa shape index (κ3) is 6.73. The average Bonchev–Trinajstić information content (AvgIpc) is 3.52. The van der Waals surface area contributed by atoms with Crippen molar-refractivity contribution >= 4 is 11.9 Å². The first-order valence-electron chi connectivity index (χ1n) is 22.1. The molecule has 1 fully saturated rings. The Kier molecular flexibility index (Phi) is 6.28. The van der Waals surface area contributed by atoms with Crippen LogP contribution < -0.4 is 14.2 Å². The van der Waals surface area contributed by atoms with Gasteiger partial charge in [0, 0.05) is 58.0 Å². The lowest BCUT2D eigenvalue weighted by Gasteiger charge is -2.41. The van der Waals surface area contributed by atoms with Gasteiger partial charge in [-0.05, 0) is 73.3 Å². The quantitative estimate of drug-likeness (QED) is 0.225. The molecule has 2 unspecified atom stereocenters.